The van der Waals surface area contributed by atoms with E-state index in [1.807, 2.05) is 18.2 Å². The van der Waals surface area contributed by atoms with Gasteiger partial charge in [0.2, 0.25) is 0 Å². The van der Waals surface area contributed by atoms with Gasteiger partial charge in [0.1, 0.15) is 0 Å². The van der Waals surface area contributed by atoms with Gasteiger partial charge >= 0.3 is 0 Å². The Morgan fingerprint density at radius 2 is 2.12 bits per heavy atom. The van der Waals surface area contributed by atoms with Crippen molar-refractivity contribution in [2.45, 2.75) is 19.9 Å². The van der Waals surface area contributed by atoms with Crippen molar-refractivity contribution >= 4 is 34.0 Å². The van der Waals surface area contributed by atoms with Gasteiger partial charge in [-0.1, -0.05) is 13.8 Å². The van der Waals surface area contributed by atoms with Crippen LogP contribution in [0.3, 0.4) is 0 Å². The lowest BCUT2D eigenvalue weighted by atomic mass is 10.1. The van der Waals surface area contributed by atoms with Gasteiger partial charge in [-0.2, -0.15) is 0 Å². The Kier molecular flexibility index (Phi) is 5.34. The number of rotatable bonds is 5. The zero-order chi connectivity index (χ0) is 12.1. The highest BCUT2D eigenvalue weighted by atomic mass is 127. The molecule has 90 valence electrons. The number of methoxy groups -OCH3 is 1. The van der Waals surface area contributed by atoms with Crippen LogP contribution in [0.15, 0.2) is 18.2 Å². The van der Waals surface area contributed by atoms with Crippen LogP contribution in [0.5, 0.6) is 0 Å². The van der Waals surface area contributed by atoms with Gasteiger partial charge in [0.15, 0.2) is 0 Å². The van der Waals surface area contributed by atoms with Crippen LogP contribution >= 0.6 is 22.6 Å². The van der Waals surface area contributed by atoms with Crippen LogP contribution in [0, 0.1) is 9.49 Å². The van der Waals surface area contributed by atoms with E-state index in [0.29, 0.717) is 18.6 Å². The van der Waals surface area contributed by atoms with E-state index in [2.05, 4.69) is 41.8 Å². The summed E-state index contributed by atoms with van der Waals surface area (Å²) in [5, 5.41) is 3.49. The number of nitrogens with one attached hydrogen (secondary N) is 1. The predicted molar refractivity (Wildman–Crippen MR) is 77.7 cm³/mol. The SMILES string of the molecule is COCC(Nc1ccc(N)cc1I)C(C)C. The molecule has 0 aliphatic carbocycles. The van der Waals surface area contributed by atoms with E-state index in [4.69, 9.17) is 10.5 Å². The van der Waals surface area contributed by atoms with Gasteiger partial charge in [0.25, 0.3) is 0 Å². The van der Waals surface area contributed by atoms with Crippen molar-refractivity contribution in [1.29, 1.82) is 0 Å². The maximum absolute atomic E-state index is 5.72. The first-order chi connectivity index (χ1) is 7.54. The number of anilines is 2. The molecule has 0 fully saturated rings. The second-order valence-electron chi connectivity index (χ2n) is 4.19. The lowest BCUT2D eigenvalue weighted by Gasteiger charge is -2.23. The summed E-state index contributed by atoms with van der Waals surface area (Å²) in [6.07, 6.45) is 0. The van der Waals surface area contributed by atoms with E-state index < -0.39 is 0 Å². The van der Waals surface area contributed by atoms with Crippen LogP contribution in [0.25, 0.3) is 0 Å². The number of nitrogen functional groups attached to an aromatic ring is 1. The smallest absolute Gasteiger partial charge is 0.0666 e. The minimum Gasteiger partial charge on any atom is -0.399 e. The second-order valence-corrected chi connectivity index (χ2v) is 5.35. The van der Waals surface area contributed by atoms with Crippen LogP contribution < -0.4 is 11.1 Å². The van der Waals surface area contributed by atoms with Crippen molar-refractivity contribution in [2.24, 2.45) is 5.92 Å². The standard InChI is InChI=1S/C12H19IN2O/c1-8(2)12(7-16-3)15-11-5-4-9(14)6-10(11)13/h4-6,8,12,15H,7,14H2,1-3H3. The van der Waals surface area contributed by atoms with Crippen molar-refractivity contribution in [3.05, 3.63) is 21.8 Å². The van der Waals surface area contributed by atoms with Crippen molar-refractivity contribution < 1.29 is 4.74 Å². The summed E-state index contributed by atoms with van der Waals surface area (Å²) >= 11 is 2.29. The van der Waals surface area contributed by atoms with Crippen LogP contribution in [0.1, 0.15) is 13.8 Å². The Labute approximate surface area is 111 Å². The molecule has 3 nitrogen and oxygen atoms in total. The lowest BCUT2D eigenvalue weighted by molar-refractivity contribution is 0.171. The van der Waals surface area contributed by atoms with Crippen molar-refractivity contribution in [3.8, 4) is 0 Å². The molecule has 0 aliphatic heterocycles. The third-order valence-corrected chi connectivity index (χ3v) is 3.38. The molecule has 0 aromatic heterocycles. The first-order valence-electron chi connectivity index (χ1n) is 5.35. The van der Waals surface area contributed by atoms with Gasteiger partial charge in [-0.05, 0) is 46.7 Å². The highest BCUT2D eigenvalue weighted by Crippen LogP contribution is 2.22. The fraction of sp³-hybridized carbons (Fsp3) is 0.500. The van der Waals surface area contributed by atoms with E-state index in [0.717, 1.165) is 14.9 Å². The largest absolute Gasteiger partial charge is 0.399 e. The Balaban J connectivity index is 2.77. The minimum atomic E-state index is 0.321. The van der Waals surface area contributed by atoms with E-state index in [1.54, 1.807) is 7.11 Å². The molecule has 1 unspecified atom stereocenters. The van der Waals surface area contributed by atoms with Gasteiger partial charge in [-0.25, -0.2) is 0 Å². The Bertz CT molecular complexity index is 342. The summed E-state index contributed by atoms with van der Waals surface area (Å²) in [7, 11) is 1.73. The second kappa shape index (κ2) is 6.30. The molecule has 0 saturated carbocycles. The maximum Gasteiger partial charge on any atom is 0.0666 e. The third-order valence-electron chi connectivity index (χ3n) is 2.49. The summed E-state index contributed by atoms with van der Waals surface area (Å²) in [4.78, 5) is 0. The van der Waals surface area contributed by atoms with Crippen molar-refractivity contribution in [3.63, 3.8) is 0 Å². The number of hydrogen-bond donors (Lipinski definition) is 2. The first-order valence-corrected chi connectivity index (χ1v) is 6.43. The molecule has 0 amide bonds. The fourth-order valence-electron chi connectivity index (χ4n) is 1.43. The highest BCUT2D eigenvalue weighted by Gasteiger charge is 2.13. The topological polar surface area (TPSA) is 47.3 Å². The maximum atomic E-state index is 5.72. The molecule has 16 heavy (non-hydrogen) atoms. The molecule has 0 aliphatic rings. The van der Waals surface area contributed by atoms with E-state index in [9.17, 15) is 0 Å². The number of nitrogens with two attached hydrogens (primary N) is 1. The molecule has 0 heterocycles. The van der Waals surface area contributed by atoms with Crippen LogP contribution in [-0.2, 0) is 4.74 Å². The molecule has 1 rings (SSSR count). The third kappa shape index (κ3) is 3.83. The summed E-state index contributed by atoms with van der Waals surface area (Å²) in [5.41, 5.74) is 7.63. The number of ether oxygens (including phenoxy) is 1. The summed E-state index contributed by atoms with van der Waals surface area (Å²) in [6.45, 7) is 5.07. The Morgan fingerprint density at radius 3 is 2.62 bits per heavy atom. The van der Waals surface area contributed by atoms with E-state index >= 15 is 0 Å². The van der Waals surface area contributed by atoms with Gasteiger partial charge in [-0.15, -0.1) is 0 Å². The molecule has 4 heteroatoms. The van der Waals surface area contributed by atoms with E-state index in [1.165, 1.54) is 0 Å². The normalized spacial score (nSPS) is 12.8. The predicted octanol–water partition coefficient (Wildman–Crippen LogP) is 2.96. The molecular formula is C12H19IN2O. The number of benzene rings is 1. The summed E-state index contributed by atoms with van der Waals surface area (Å²) < 4.78 is 6.35. The van der Waals surface area contributed by atoms with Crippen LogP contribution in [0.2, 0.25) is 0 Å². The highest BCUT2D eigenvalue weighted by molar-refractivity contribution is 14.1. The molecule has 1 aromatic rings. The molecule has 0 radical (unpaired) electrons. The average molecular weight is 334 g/mol. The molecule has 1 aromatic carbocycles. The summed E-state index contributed by atoms with van der Waals surface area (Å²) in [5.74, 6) is 0.522. The zero-order valence-corrected chi connectivity index (χ0v) is 12.1. The minimum absolute atomic E-state index is 0.321. The number of hydrogen-bond acceptors (Lipinski definition) is 3. The van der Waals surface area contributed by atoms with Gasteiger partial charge in [-0.3, -0.25) is 0 Å². The molecule has 0 spiro atoms. The first kappa shape index (κ1) is 13.6. The zero-order valence-electron chi connectivity index (χ0n) is 9.96. The molecule has 1 atom stereocenters. The Hall–Kier alpha value is -0.490. The van der Waals surface area contributed by atoms with Crippen LogP contribution in [-0.4, -0.2) is 19.8 Å². The Morgan fingerprint density at radius 1 is 1.44 bits per heavy atom. The van der Waals surface area contributed by atoms with Crippen LogP contribution in [0.4, 0.5) is 11.4 Å². The summed E-state index contributed by atoms with van der Waals surface area (Å²) in [6, 6.07) is 6.21. The quantitative estimate of drug-likeness (QED) is 0.643. The molecule has 0 saturated heterocycles. The number of halogens is 1. The van der Waals surface area contributed by atoms with Crippen molar-refractivity contribution in [1.82, 2.24) is 0 Å². The molecule has 3 N–H and O–H groups in total. The van der Waals surface area contributed by atoms with Gasteiger partial charge < -0.3 is 15.8 Å². The van der Waals surface area contributed by atoms with Gasteiger partial charge in [0.05, 0.1) is 12.6 Å². The fourth-order valence-corrected chi connectivity index (χ4v) is 2.12. The molecular weight excluding hydrogens is 315 g/mol. The van der Waals surface area contributed by atoms with Crippen molar-refractivity contribution in [2.75, 3.05) is 24.8 Å². The molecule has 0 bridgehead atoms. The average Bonchev–Trinajstić information content (AvgIpc) is 2.20. The van der Waals surface area contributed by atoms with E-state index in [-0.39, 0.29) is 0 Å². The van der Waals surface area contributed by atoms with Gasteiger partial charge in [0, 0.05) is 22.1 Å². The monoisotopic (exact) mass is 334 g/mol. The lowest BCUT2D eigenvalue weighted by Crippen LogP contribution is -2.30.